The van der Waals surface area contributed by atoms with Crippen LogP contribution in [0.25, 0.3) is 0 Å². The molecular formula is C10H11Cl2N5O. The fraction of sp³-hybridized carbons (Fsp3) is 0.200. The number of hydrazine groups is 1. The lowest BCUT2D eigenvalue weighted by Gasteiger charge is -2.09. The van der Waals surface area contributed by atoms with Crippen LogP contribution in [0.4, 0.5) is 11.6 Å². The van der Waals surface area contributed by atoms with Crippen LogP contribution in [0.2, 0.25) is 10.0 Å². The summed E-state index contributed by atoms with van der Waals surface area (Å²) in [5.74, 6) is 7.36. The van der Waals surface area contributed by atoms with Crippen LogP contribution in [0.5, 0.6) is 0 Å². The minimum Gasteiger partial charge on any atom is -0.444 e. The van der Waals surface area contributed by atoms with Crippen molar-refractivity contribution in [3.63, 3.8) is 0 Å². The van der Waals surface area contributed by atoms with Crippen LogP contribution in [0, 0.1) is 6.92 Å². The Morgan fingerprint density at radius 1 is 1.33 bits per heavy atom. The van der Waals surface area contributed by atoms with Gasteiger partial charge in [0.1, 0.15) is 11.6 Å². The number of oxazole rings is 1. The second-order valence-corrected chi connectivity index (χ2v) is 4.33. The summed E-state index contributed by atoms with van der Waals surface area (Å²) in [6, 6.07) is 1.55. The molecule has 0 saturated carbocycles. The van der Waals surface area contributed by atoms with Crippen molar-refractivity contribution in [3.8, 4) is 0 Å². The van der Waals surface area contributed by atoms with E-state index < -0.39 is 0 Å². The van der Waals surface area contributed by atoms with Crippen molar-refractivity contribution in [2.24, 2.45) is 5.84 Å². The fourth-order valence-corrected chi connectivity index (χ4v) is 1.81. The minimum atomic E-state index is 0.340. The average Bonchev–Trinajstić information content (AvgIpc) is 2.74. The van der Waals surface area contributed by atoms with E-state index in [2.05, 4.69) is 20.7 Å². The maximum atomic E-state index is 6.00. The Balaban J connectivity index is 2.13. The molecule has 18 heavy (non-hydrogen) atoms. The number of halogens is 2. The molecule has 0 aliphatic rings. The zero-order valence-electron chi connectivity index (χ0n) is 9.50. The first kappa shape index (κ1) is 12.9. The Hall–Kier alpha value is -1.50. The van der Waals surface area contributed by atoms with Crippen molar-refractivity contribution >= 4 is 34.8 Å². The van der Waals surface area contributed by atoms with E-state index in [9.17, 15) is 0 Å². The molecule has 0 radical (unpaired) electrons. The van der Waals surface area contributed by atoms with Gasteiger partial charge in [0.15, 0.2) is 5.82 Å². The summed E-state index contributed by atoms with van der Waals surface area (Å²) in [6.45, 7) is 2.19. The maximum absolute atomic E-state index is 6.00. The van der Waals surface area contributed by atoms with Gasteiger partial charge < -0.3 is 15.2 Å². The molecule has 8 heteroatoms. The maximum Gasteiger partial charge on any atom is 0.213 e. The van der Waals surface area contributed by atoms with Crippen LogP contribution in [-0.4, -0.2) is 9.97 Å². The minimum absolute atomic E-state index is 0.340. The number of anilines is 2. The number of nitrogens with zero attached hydrogens (tertiary/aromatic N) is 2. The Labute approximate surface area is 113 Å². The van der Waals surface area contributed by atoms with E-state index in [1.165, 1.54) is 0 Å². The third-order valence-electron chi connectivity index (χ3n) is 2.14. The highest BCUT2D eigenvalue weighted by atomic mass is 35.5. The normalized spacial score (nSPS) is 10.4. The number of pyridine rings is 1. The number of nitrogen functional groups attached to an aromatic ring is 1. The summed E-state index contributed by atoms with van der Waals surface area (Å²) in [5.41, 5.74) is 2.38. The molecule has 96 valence electrons. The van der Waals surface area contributed by atoms with Crippen molar-refractivity contribution in [2.45, 2.75) is 13.5 Å². The topological polar surface area (TPSA) is 89.0 Å². The van der Waals surface area contributed by atoms with Crippen molar-refractivity contribution < 1.29 is 4.42 Å². The zero-order valence-corrected chi connectivity index (χ0v) is 11.0. The predicted molar refractivity (Wildman–Crippen MR) is 70.6 cm³/mol. The smallest absolute Gasteiger partial charge is 0.213 e. The second-order valence-electron chi connectivity index (χ2n) is 3.51. The van der Waals surface area contributed by atoms with Crippen molar-refractivity contribution in [1.82, 2.24) is 9.97 Å². The predicted octanol–water partition coefficient (Wildman–Crippen LogP) is 2.58. The molecule has 0 aromatic carbocycles. The molecular weight excluding hydrogens is 277 g/mol. The number of hydrogen-bond acceptors (Lipinski definition) is 6. The molecule has 0 saturated heterocycles. The van der Waals surface area contributed by atoms with E-state index in [-0.39, 0.29) is 0 Å². The van der Waals surface area contributed by atoms with Crippen LogP contribution in [0.1, 0.15) is 11.7 Å². The first-order chi connectivity index (χ1) is 8.60. The quantitative estimate of drug-likeness (QED) is 0.592. The largest absolute Gasteiger partial charge is 0.444 e. The molecule has 0 aliphatic carbocycles. The summed E-state index contributed by atoms with van der Waals surface area (Å²) >= 11 is 11.9. The molecule has 2 aromatic heterocycles. The van der Waals surface area contributed by atoms with Gasteiger partial charge >= 0.3 is 0 Å². The third-order valence-corrected chi connectivity index (χ3v) is 2.72. The lowest BCUT2D eigenvalue weighted by Crippen LogP contribution is -2.11. The van der Waals surface area contributed by atoms with Gasteiger partial charge in [0, 0.05) is 0 Å². The van der Waals surface area contributed by atoms with Gasteiger partial charge in [-0.3, -0.25) is 0 Å². The monoisotopic (exact) mass is 287 g/mol. The molecule has 0 spiro atoms. The summed E-state index contributed by atoms with van der Waals surface area (Å²) in [4.78, 5) is 8.19. The van der Waals surface area contributed by atoms with Gasteiger partial charge in [-0.25, -0.2) is 15.8 Å². The third kappa shape index (κ3) is 2.84. The molecule has 0 bridgehead atoms. The van der Waals surface area contributed by atoms with Crippen LogP contribution in [0.3, 0.4) is 0 Å². The number of nitrogens with one attached hydrogen (secondary N) is 2. The van der Waals surface area contributed by atoms with E-state index in [0.29, 0.717) is 34.1 Å². The standard InChI is InChI=1S/C10H11Cl2N5O/c1-5-3-14-8(18-5)4-15-9-6(11)2-7(12)10(16-9)17-13/h2-3H,4,13H2,1H3,(H2,15,16,17). The fourth-order valence-electron chi connectivity index (χ4n) is 1.33. The first-order valence-electron chi connectivity index (χ1n) is 5.08. The lowest BCUT2D eigenvalue weighted by molar-refractivity contribution is 0.479. The molecule has 2 heterocycles. The summed E-state index contributed by atoms with van der Waals surface area (Å²) in [7, 11) is 0. The van der Waals surface area contributed by atoms with Crippen LogP contribution < -0.4 is 16.6 Å². The zero-order chi connectivity index (χ0) is 13.1. The van der Waals surface area contributed by atoms with Crippen LogP contribution >= 0.6 is 23.2 Å². The molecule has 2 rings (SSSR count). The Morgan fingerprint density at radius 2 is 2.06 bits per heavy atom. The van der Waals surface area contributed by atoms with Crippen LogP contribution in [-0.2, 0) is 6.54 Å². The molecule has 0 atom stereocenters. The van der Waals surface area contributed by atoms with Crippen LogP contribution in [0.15, 0.2) is 16.7 Å². The summed E-state index contributed by atoms with van der Waals surface area (Å²) in [6.07, 6.45) is 1.64. The molecule has 0 amide bonds. The van der Waals surface area contributed by atoms with Gasteiger partial charge in [0.25, 0.3) is 0 Å². The Kier molecular flexibility index (Phi) is 3.90. The summed E-state index contributed by atoms with van der Waals surface area (Å²) < 4.78 is 5.31. The van der Waals surface area contributed by atoms with E-state index in [1.54, 1.807) is 12.3 Å². The molecule has 0 aliphatic heterocycles. The SMILES string of the molecule is Cc1cnc(CNc2nc(NN)c(Cl)cc2Cl)o1. The van der Waals surface area contributed by atoms with Gasteiger partial charge in [-0.2, -0.15) is 0 Å². The first-order valence-corrected chi connectivity index (χ1v) is 5.83. The Morgan fingerprint density at radius 3 is 2.67 bits per heavy atom. The van der Waals surface area contributed by atoms with Crippen molar-refractivity contribution in [2.75, 3.05) is 10.7 Å². The number of rotatable bonds is 4. The lowest BCUT2D eigenvalue weighted by atomic mass is 10.4. The highest BCUT2D eigenvalue weighted by Crippen LogP contribution is 2.28. The molecule has 0 unspecified atom stereocenters. The van der Waals surface area contributed by atoms with Gasteiger partial charge in [0.2, 0.25) is 5.89 Å². The Bertz CT molecular complexity index is 557. The molecule has 4 N–H and O–H groups in total. The second kappa shape index (κ2) is 5.43. The number of nitrogens with two attached hydrogens (primary N) is 1. The average molecular weight is 288 g/mol. The van der Waals surface area contributed by atoms with Gasteiger partial charge in [0.05, 0.1) is 22.8 Å². The van der Waals surface area contributed by atoms with Gasteiger partial charge in [-0.05, 0) is 13.0 Å². The van der Waals surface area contributed by atoms with Gasteiger partial charge in [-0.15, -0.1) is 0 Å². The highest BCUT2D eigenvalue weighted by Gasteiger charge is 2.09. The van der Waals surface area contributed by atoms with E-state index >= 15 is 0 Å². The van der Waals surface area contributed by atoms with Gasteiger partial charge in [-0.1, -0.05) is 23.2 Å². The van der Waals surface area contributed by atoms with E-state index in [0.717, 1.165) is 5.76 Å². The highest BCUT2D eigenvalue weighted by molar-refractivity contribution is 6.37. The van der Waals surface area contributed by atoms with E-state index in [4.69, 9.17) is 33.5 Å². The molecule has 2 aromatic rings. The van der Waals surface area contributed by atoms with Crippen molar-refractivity contribution in [3.05, 3.63) is 34.0 Å². The van der Waals surface area contributed by atoms with Crippen molar-refractivity contribution in [1.29, 1.82) is 0 Å². The number of aromatic nitrogens is 2. The molecule has 6 nitrogen and oxygen atoms in total. The number of aryl methyl sites for hydroxylation is 1. The number of hydrogen-bond donors (Lipinski definition) is 3. The summed E-state index contributed by atoms with van der Waals surface area (Å²) in [5, 5.41) is 3.73. The molecule has 0 fully saturated rings. The van der Waals surface area contributed by atoms with E-state index in [1.807, 2.05) is 6.92 Å².